The fourth-order valence-electron chi connectivity index (χ4n) is 6.14. The molecule has 0 saturated heterocycles. The number of benzene rings is 2. The highest BCUT2D eigenvalue weighted by Gasteiger charge is 2.52. The highest BCUT2D eigenvalue weighted by Crippen LogP contribution is 2.55. The Kier molecular flexibility index (Phi) is 5.44. The van der Waals surface area contributed by atoms with Crippen LogP contribution in [0.5, 0.6) is 5.75 Å². The molecule has 0 radical (unpaired) electrons. The average molecular weight is 547 g/mol. The summed E-state index contributed by atoms with van der Waals surface area (Å²) in [4.78, 5) is 8.82. The van der Waals surface area contributed by atoms with Crippen molar-refractivity contribution in [3.05, 3.63) is 65.5 Å². The van der Waals surface area contributed by atoms with Gasteiger partial charge in [0, 0.05) is 24.7 Å². The summed E-state index contributed by atoms with van der Waals surface area (Å²) in [6.45, 7) is 1.87. The predicted molar refractivity (Wildman–Crippen MR) is 139 cm³/mol. The highest BCUT2D eigenvalue weighted by molar-refractivity contribution is 5.82. The van der Waals surface area contributed by atoms with E-state index in [1.807, 2.05) is 22.8 Å². The van der Waals surface area contributed by atoms with Crippen LogP contribution in [0.4, 0.5) is 10.2 Å². The lowest BCUT2D eigenvalue weighted by Gasteiger charge is -2.39. The smallest absolute Gasteiger partial charge is 0.199 e. The average Bonchev–Trinajstić information content (AvgIpc) is 3.68. The minimum atomic E-state index is -1.48. The van der Waals surface area contributed by atoms with Crippen LogP contribution in [-0.2, 0) is 29.8 Å². The van der Waals surface area contributed by atoms with Gasteiger partial charge in [0.05, 0.1) is 16.6 Å². The molecule has 0 amide bonds. The summed E-state index contributed by atoms with van der Waals surface area (Å²) in [5.41, 5.74) is 8.56. The molecule has 0 bridgehead atoms. The lowest BCUT2D eigenvalue weighted by atomic mass is 9.77. The lowest BCUT2D eigenvalue weighted by Crippen LogP contribution is -2.35. The maximum atomic E-state index is 14.0. The van der Waals surface area contributed by atoms with E-state index in [-0.39, 0.29) is 24.3 Å². The Morgan fingerprint density at radius 2 is 1.98 bits per heavy atom. The number of nitrogen functional groups attached to an aromatic ring is 1. The third-order valence-corrected chi connectivity index (χ3v) is 7.90. The fraction of sp³-hybridized carbons (Fsp3) is 0.370. The minimum absolute atomic E-state index is 0.00161. The van der Waals surface area contributed by atoms with E-state index in [9.17, 15) is 9.50 Å². The number of aryl methyl sites for hydroxylation is 1. The summed E-state index contributed by atoms with van der Waals surface area (Å²) in [7, 11) is 1.80. The molecule has 2 aromatic carbocycles. The fourth-order valence-corrected chi connectivity index (χ4v) is 6.14. The zero-order chi connectivity index (χ0) is 27.6. The summed E-state index contributed by atoms with van der Waals surface area (Å²) in [5, 5.41) is 23.2. The number of anilines is 1. The molecule has 12 nitrogen and oxygen atoms in total. The quantitative estimate of drug-likeness (QED) is 0.334. The normalized spacial score (nSPS) is 24.1. The topological polar surface area (TPSA) is 152 Å². The Hall–Kier alpha value is -4.36. The van der Waals surface area contributed by atoms with Crippen molar-refractivity contribution in [2.45, 2.75) is 56.6 Å². The van der Waals surface area contributed by atoms with Crippen LogP contribution < -0.4 is 10.5 Å². The van der Waals surface area contributed by atoms with Crippen LogP contribution in [0.1, 0.15) is 55.6 Å². The van der Waals surface area contributed by atoms with Crippen LogP contribution in [0.15, 0.2) is 47.4 Å². The second-order valence-corrected chi connectivity index (χ2v) is 10.6. The zero-order valence-corrected chi connectivity index (χ0v) is 21.9. The Balaban J connectivity index is 1.18. The molecule has 4 heterocycles. The van der Waals surface area contributed by atoms with Gasteiger partial charge in [0.15, 0.2) is 28.9 Å². The standard InChI is InChI=1S/C27H27FN8O4/c1-26(37)19-12-17(38-13-22-30-14-35(2)32-22)4-5-18(19)27(39-26)9-7-16(8-10-27)36-21-6-3-15(28)11-20(21)31-25(36)23-24(29)34-40-33-23/h3-6,11-12,14,16,37H,7-10,13H2,1-2H3,(H2,29,34). The Labute approximate surface area is 227 Å². The van der Waals surface area contributed by atoms with Gasteiger partial charge in [-0.15, -0.1) is 0 Å². The van der Waals surface area contributed by atoms with Crippen LogP contribution in [0, 0.1) is 5.82 Å². The lowest BCUT2D eigenvalue weighted by molar-refractivity contribution is -0.257. The summed E-state index contributed by atoms with van der Waals surface area (Å²) in [6.07, 6.45) is 4.32. The van der Waals surface area contributed by atoms with Gasteiger partial charge in [-0.05, 0) is 72.7 Å². The van der Waals surface area contributed by atoms with Gasteiger partial charge in [-0.1, -0.05) is 6.07 Å². The molecule has 3 aromatic heterocycles. The van der Waals surface area contributed by atoms with Crippen LogP contribution in [0.2, 0.25) is 0 Å². The number of imidazole rings is 1. The molecule has 1 fully saturated rings. The number of ether oxygens (including phenoxy) is 2. The monoisotopic (exact) mass is 546 g/mol. The van der Waals surface area contributed by atoms with Crippen molar-refractivity contribution < 1.29 is 23.6 Å². The molecular weight excluding hydrogens is 519 g/mol. The molecule has 40 heavy (non-hydrogen) atoms. The summed E-state index contributed by atoms with van der Waals surface area (Å²) in [6, 6.07) is 10.2. The van der Waals surface area contributed by atoms with Crippen LogP contribution in [0.3, 0.4) is 0 Å². The molecular formula is C27H27FN8O4. The van der Waals surface area contributed by atoms with Crippen LogP contribution in [-0.4, -0.2) is 39.7 Å². The second-order valence-electron chi connectivity index (χ2n) is 10.6. The third kappa shape index (κ3) is 3.92. The van der Waals surface area contributed by atoms with E-state index in [0.717, 1.165) is 11.1 Å². The molecule has 1 spiro atoms. The number of nitrogens with zero attached hydrogens (tertiary/aromatic N) is 7. The number of fused-ring (bicyclic) bond motifs is 3. The van der Waals surface area contributed by atoms with Gasteiger partial charge in [-0.3, -0.25) is 4.68 Å². The zero-order valence-electron chi connectivity index (χ0n) is 21.9. The molecule has 1 aliphatic heterocycles. The van der Waals surface area contributed by atoms with Gasteiger partial charge >= 0.3 is 0 Å². The molecule has 1 unspecified atom stereocenters. The number of halogens is 1. The maximum absolute atomic E-state index is 14.0. The highest BCUT2D eigenvalue weighted by atomic mass is 19.1. The van der Waals surface area contributed by atoms with Gasteiger partial charge in [0.2, 0.25) is 0 Å². The molecule has 206 valence electrons. The molecule has 1 saturated carbocycles. The predicted octanol–water partition coefficient (Wildman–Crippen LogP) is 3.72. The van der Waals surface area contributed by atoms with Gasteiger partial charge < -0.3 is 24.9 Å². The van der Waals surface area contributed by atoms with Crippen molar-refractivity contribution in [1.29, 1.82) is 0 Å². The minimum Gasteiger partial charge on any atom is -0.486 e. The molecule has 1 aliphatic carbocycles. The molecule has 13 heteroatoms. The van der Waals surface area contributed by atoms with E-state index in [0.29, 0.717) is 59.9 Å². The Bertz CT molecular complexity index is 1730. The van der Waals surface area contributed by atoms with Crippen LogP contribution >= 0.6 is 0 Å². The second kappa shape index (κ2) is 8.83. The number of hydrogen-bond acceptors (Lipinski definition) is 10. The molecule has 2 aliphatic rings. The SMILES string of the molecule is Cn1cnc(COc2ccc3c(c2)C(C)(O)OC32CCC(n3c(-c4nonc4N)nc4cc(F)ccc43)CC2)n1. The van der Waals surface area contributed by atoms with Crippen molar-refractivity contribution in [2.24, 2.45) is 7.05 Å². The first-order valence-electron chi connectivity index (χ1n) is 13.0. The van der Waals surface area contributed by atoms with Gasteiger partial charge in [0.1, 0.15) is 24.5 Å². The van der Waals surface area contributed by atoms with Crippen molar-refractivity contribution in [1.82, 2.24) is 34.6 Å². The van der Waals surface area contributed by atoms with Crippen molar-refractivity contribution in [3.63, 3.8) is 0 Å². The van der Waals surface area contributed by atoms with Gasteiger partial charge in [-0.25, -0.2) is 19.0 Å². The van der Waals surface area contributed by atoms with Crippen LogP contribution in [0.25, 0.3) is 22.6 Å². The van der Waals surface area contributed by atoms with Crippen molar-refractivity contribution in [3.8, 4) is 17.3 Å². The van der Waals surface area contributed by atoms with E-state index in [4.69, 9.17) is 19.8 Å². The largest absolute Gasteiger partial charge is 0.486 e. The van der Waals surface area contributed by atoms with Gasteiger partial charge in [-0.2, -0.15) is 5.10 Å². The number of nitrogens with two attached hydrogens (primary N) is 1. The number of rotatable bonds is 5. The summed E-state index contributed by atoms with van der Waals surface area (Å²) in [5.74, 6) is -0.0972. The van der Waals surface area contributed by atoms with Crippen molar-refractivity contribution >= 4 is 16.9 Å². The third-order valence-electron chi connectivity index (χ3n) is 7.90. The van der Waals surface area contributed by atoms with E-state index < -0.39 is 11.4 Å². The van der Waals surface area contributed by atoms with E-state index >= 15 is 0 Å². The summed E-state index contributed by atoms with van der Waals surface area (Å²) < 4.78 is 34.8. The number of hydrogen-bond donors (Lipinski definition) is 2. The van der Waals surface area contributed by atoms with E-state index in [1.165, 1.54) is 12.1 Å². The first-order valence-corrected chi connectivity index (χ1v) is 13.0. The molecule has 3 N–H and O–H groups in total. The maximum Gasteiger partial charge on any atom is 0.199 e. The van der Waals surface area contributed by atoms with E-state index in [2.05, 4.69) is 25.4 Å². The molecule has 5 aromatic rings. The Morgan fingerprint density at radius 3 is 2.70 bits per heavy atom. The summed E-state index contributed by atoms with van der Waals surface area (Å²) >= 11 is 0. The first-order chi connectivity index (χ1) is 19.2. The number of aromatic nitrogens is 7. The Morgan fingerprint density at radius 1 is 1.15 bits per heavy atom. The molecule has 1 atom stereocenters. The number of aliphatic hydroxyl groups is 1. The van der Waals surface area contributed by atoms with Crippen molar-refractivity contribution in [2.75, 3.05) is 5.73 Å². The van der Waals surface area contributed by atoms with Gasteiger partial charge in [0.25, 0.3) is 0 Å². The van der Waals surface area contributed by atoms with E-state index in [1.54, 1.807) is 31.0 Å². The first kappa shape index (κ1) is 24.7. The molecule has 7 rings (SSSR count).